The number of rotatable bonds is 9. The van der Waals surface area contributed by atoms with Gasteiger partial charge in [-0.15, -0.1) is 0 Å². The van der Waals surface area contributed by atoms with Crippen molar-refractivity contribution in [3.8, 4) is 0 Å². The molecule has 0 spiro atoms. The Hall–Kier alpha value is -2.05. The highest BCUT2D eigenvalue weighted by atomic mass is 16.6. The summed E-state index contributed by atoms with van der Waals surface area (Å²) in [6.07, 6.45) is 12.0. The molecule has 1 aromatic rings. The molecule has 2 aliphatic rings. The quantitative estimate of drug-likeness (QED) is 0.361. The maximum absolute atomic E-state index is 13.4. The van der Waals surface area contributed by atoms with Crippen LogP contribution >= 0.6 is 0 Å². The van der Waals surface area contributed by atoms with Crippen molar-refractivity contribution in [3.63, 3.8) is 0 Å². The molecule has 1 aromatic carbocycles. The van der Waals surface area contributed by atoms with E-state index in [2.05, 4.69) is 37.3 Å². The van der Waals surface area contributed by atoms with E-state index in [9.17, 15) is 9.90 Å². The van der Waals surface area contributed by atoms with E-state index in [0.29, 0.717) is 25.5 Å². The number of ether oxygens (including phenoxy) is 1. The van der Waals surface area contributed by atoms with Gasteiger partial charge in [0.2, 0.25) is 0 Å². The van der Waals surface area contributed by atoms with Gasteiger partial charge < -0.3 is 19.4 Å². The number of hydrogen-bond donors (Lipinski definition) is 1. The zero-order chi connectivity index (χ0) is 24.8. The van der Waals surface area contributed by atoms with Gasteiger partial charge in [0.25, 0.3) is 0 Å². The van der Waals surface area contributed by atoms with Gasteiger partial charge in [-0.05, 0) is 76.9 Å². The average Bonchev–Trinajstić information content (AvgIpc) is 2.83. The summed E-state index contributed by atoms with van der Waals surface area (Å²) < 4.78 is 12.1. The minimum Gasteiger partial charge on any atom is -0.449 e. The molecule has 1 aliphatic heterocycles. The van der Waals surface area contributed by atoms with E-state index in [0.717, 1.165) is 37.7 Å². The van der Waals surface area contributed by atoms with Crippen LogP contribution in [0.1, 0.15) is 78.7 Å². The van der Waals surface area contributed by atoms with Crippen molar-refractivity contribution in [3.05, 3.63) is 59.7 Å². The first-order valence-electron chi connectivity index (χ1n) is 12.7. The van der Waals surface area contributed by atoms with E-state index in [1.54, 1.807) is 21.3 Å². The number of hydrogen-bond acceptors (Lipinski definition) is 4. The molecule has 6 heteroatoms. The number of unbranched alkanes of at least 4 members (excludes halogenated alkanes) is 1. The Bertz CT molecular complexity index is 874. The third-order valence-electron chi connectivity index (χ3n) is 7.47. The Morgan fingerprint density at radius 2 is 1.94 bits per heavy atom. The molecule has 5 nitrogen and oxygen atoms in total. The SMILES string of the molecule is CCCCOC(=O)N1CC[C@@H](C2=CCCC=C2)C[C@]1([B]OC(C)(C)C(C)(C)O)c1ccccc1. The molecule has 1 N–H and O–H groups in total. The summed E-state index contributed by atoms with van der Waals surface area (Å²) in [6, 6.07) is 10.1. The molecule has 0 aromatic heterocycles. The van der Waals surface area contributed by atoms with Crippen LogP contribution in [0, 0.1) is 5.92 Å². The highest BCUT2D eigenvalue weighted by Crippen LogP contribution is 2.44. The van der Waals surface area contributed by atoms with Crippen LogP contribution in [0.3, 0.4) is 0 Å². The summed E-state index contributed by atoms with van der Waals surface area (Å²) in [5.41, 5.74) is -0.429. The maximum Gasteiger partial charge on any atom is 0.409 e. The van der Waals surface area contributed by atoms with Gasteiger partial charge in [-0.2, -0.15) is 0 Å². The molecule has 1 heterocycles. The first-order chi connectivity index (χ1) is 16.1. The van der Waals surface area contributed by atoms with Crippen LogP contribution in [0.15, 0.2) is 54.1 Å². The lowest BCUT2D eigenvalue weighted by Crippen LogP contribution is -2.61. The van der Waals surface area contributed by atoms with Crippen molar-refractivity contribution in [1.82, 2.24) is 4.90 Å². The Morgan fingerprint density at radius 3 is 2.56 bits per heavy atom. The largest absolute Gasteiger partial charge is 0.449 e. The van der Waals surface area contributed by atoms with Crippen LogP contribution in [-0.2, 0) is 14.8 Å². The van der Waals surface area contributed by atoms with Gasteiger partial charge in [-0.1, -0.05) is 61.9 Å². The fraction of sp³-hybridized carbons (Fsp3) is 0.607. The molecule has 1 radical (unpaired) electrons. The van der Waals surface area contributed by atoms with Crippen LogP contribution in [0.2, 0.25) is 0 Å². The molecule has 34 heavy (non-hydrogen) atoms. The van der Waals surface area contributed by atoms with Crippen LogP contribution in [0.4, 0.5) is 4.79 Å². The molecule has 1 amide bonds. The lowest BCUT2D eigenvalue weighted by Gasteiger charge is -2.50. The average molecular weight is 466 g/mol. The van der Waals surface area contributed by atoms with Gasteiger partial charge in [-0.25, -0.2) is 4.79 Å². The van der Waals surface area contributed by atoms with E-state index in [1.807, 2.05) is 36.9 Å². The standard InChI is InChI=1S/C28H41BNO4/c1-6-7-20-33-25(31)30-19-18-23(22-14-10-8-11-15-22)21-28(30,24-16-12-9-13-17-24)29-34-27(4,5)26(2,3)32/h9-10,12-17,23,32H,6-8,11,18-21H2,1-5H3/t23-,28-/m1/s1. The number of piperidine rings is 1. The van der Waals surface area contributed by atoms with Gasteiger partial charge in [0.1, 0.15) is 0 Å². The highest BCUT2D eigenvalue weighted by Gasteiger charge is 2.50. The van der Waals surface area contributed by atoms with E-state index in [1.165, 1.54) is 5.57 Å². The normalized spacial score (nSPS) is 23.4. The molecular formula is C28H41BNO4. The zero-order valence-electron chi connectivity index (χ0n) is 21.5. The predicted octanol–water partition coefficient (Wildman–Crippen LogP) is 5.95. The number of likely N-dealkylation sites (tertiary alicyclic amines) is 1. The van der Waals surface area contributed by atoms with Crippen molar-refractivity contribution in [2.45, 2.75) is 89.8 Å². The van der Waals surface area contributed by atoms with Crippen LogP contribution in [-0.4, -0.2) is 47.9 Å². The Morgan fingerprint density at radius 1 is 1.21 bits per heavy atom. The fourth-order valence-corrected chi connectivity index (χ4v) is 4.50. The topological polar surface area (TPSA) is 59.0 Å². The van der Waals surface area contributed by atoms with E-state index in [-0.39, 0.29) is 6.09 Å². The summed E-state index contributed by atoms with van der Waals surface area (Å²) in [4.78, 5) is 15.3. The molecule has 1 fully saturated rings. The first kappa shape index (κ1) is 26.6. The van der Waals surface area contributed by atoms with Crippen LogP contribution in [0.25, 0.3) is 0 Å². The molecule has 0 unspecified atom stereocenters. The van der Waals surface area contributed by atoms with Gasteiger partial charge >= 0.3 is 13.6 Å². The van der Waals surface area contributed by atoms with Crippen molar-refractivity contribution in [2.24, 2.45) is 5.92 Å². The number of amides is 1. The minimum absolute atomic E-state index is 0.293. The van der Waals surface area contributed by atoms with Crippen molar-refractivity contribution in [2.75, 3.05) is 13.2 Å². The Balaban J connectivity index is 2.02. The summed E-state index contributed by atoms with van der Waals surface area (Å²) in [7, 11) is 1.79. The summed E-state index contributed by atoms with van der Waals surface area (Å²) in [5.74, 6) is 0.293. The lowest BCUT2D eigenvalue weighted by atomic mass is 9.57. The monoisotopic (exact) mass is 466 g/mol. The summed E-state index contributed by atoms with van der Waals surface area (Å²) in [6.45, 7) is 10.3. The maximum atomic E-state index is 13.4. The molecule has 0 bridgehead atoms. The molecule has 185 valence electrons. The number of allylic oxidation sites excluding steroid dienone is 4. The van der Waals surface area contributed by atoms with Crippen molar-refractivity contribution < 1.29 is 19.3 Å². The van der Waals surface area contributed by atoms with E-state index >= 15 is 0 Å². The number of nitrogens with zero attached hydrogens (tertiary/aromatic N) is 1. The number of carbonyl (C=O) groups is 1. The Kier molecular flexibility index (Phi) is 8.69. The summed E-state index contributed by atoms with van der Waals surface area (Å²) in [5, 5.41) is 10.7. The second-order valence-corrected chi connectivity index (χ2v) is 10.6. The molecule has 1 aliphatic carbocycles. The van der Waals surface area contributed by atoms with Gasteiger partial charge in [0.15, 0.2) is 0 Å². The van der Waals surface area contributed by atoms with Gasteiger partial charge in [-0.3, -0.25) is 0 Å². The van der Waals surface area contributed by atoms with Gasteiger partial charge in [0.05, 0.1) is 23.2 Å². The number of benzene rings is 1. The van der Waals surface area contributed by atoms with E-state index in [4.69, 9.17) is 9.39 Å². The third kappa shape index (κ3) is 5.95. The first-order valence-corrected chi connectivity index (χ1v) is 12.7. The minimum atomic E-state index is -1.07. The molecule has 2 atom stereocenters. The highest BCUT2D eigenvalue weighted by molar-refractivity contribution is 6.33. The molecule has 3 rings (SSSR count). The van der Waals surface area contributed by atoms with E-state index < -0.39 is 16.6 Å². The van der Waals surface area contributed by atoms with Crippen LogP contribution < -0.4 is 0 Å². The smallest absolute Gasteiger partial charge is 0.409 e. The fourth-order valence-electron chi connectivity index (χ4n) is 4.50. The molecule has 1 saturated heterocycles. The third-order valence-corrected chi connectivity index (χ3v) is 7.47. The molecular weight excluding hydrogens is 425 g/mol. The zero-order valence-corrected chi connectivity index (χ0v) is 21.5. The van der Waals surface area contributed by atoms with Crippen molar-refractivity contribution >= 4 is 13.6 Å². The second-order valence-electron chi connectivity index (χ2n) is 10.6. The number of aliphatic hydroxyl groups is 1. The molecule has 0 saturated carbocycles. The second kappa shape index (κ2) is 11.1. The summed E-state index contributed by atoms with van der Waals surface area (Å²) >= 11 is 0. The van der Waals surface area contributed by atoms with Crippen LogP contribution in [0.5, 0.6) is 0 Å². The predicted molar refractivity (Wildman–Crippen MR) is 137 cm³/mol. The van der Waals surface area contributed by atoms with Gasteiger partial charge in [0, 0.05) is 6.54 Å². The lowest BCUT2D eigenvalue weighted by molar-refractivity contribution is -0.0955. The van der Waals surface area contributed by atoms with Crippen molar-refractivity contribution in [1.29, 1.82) is 0 Å². The number of carbonyl (C=O) groups excluding carboxylic acids is 1. The Labute approximate surface area is 206 Å².